The zero-order valence-corrected chi connectivity index (χ0v) is 19.5. The maximum atomic E-state index is 13.3. The third-order valence-electron chi connectivity index (χ3n) is 5.39. The molecular formula is C22H25F3N2O6S. The Bertz CT molecular complexity index is 1140. The van der Waals surface area contributed by atoms with Crippen molar-refractivity contribution in [3.63, 3.8) is 0 Å². The van der Waals surface area contributed by atoms with Gasteiger partial charge in [0.15, 0.2) is 0 Å². The second-order valence-electron chi connectivity index (χ2n) is 8.40. The minimum atomic E-state index is -4.53. The van der Waals surface area contributed by atoms with Gasteiger partial charge in [0.2, 0.25) is 10.0 Å². The molecule has 2 aromatic rings. The molecule has 8 nitrogen and oxygen atoms in total. The molecule has 0 spiro atoms. The number of carbonyl (C=O) groups is 1. The molecule has 0 radical (unpaired) electrons. The van der Waals surface area contributed by atoms with E-state index in [1.165, 1.54) is 47.9 Å². The van der Waals surface area contributed by atoms with Crippen molar-refractivity contribution in [3.05, 3.63) is 59.7 Å². The van der Waals surface area contributed by atoms with E-state index in [-0.39, 0.29) is 29.4 Å². The molecule has 12 heteroatoms. The Morgan fingerprint density at radius 1 is 1.21 bits per heavy atom. The number of amides is 1. The van der Waals surface area contributed by atoms with E-state index in [9.17, 15) is 26.4 Å². The van der Waals surface area contributed by atoms with Crippen LogP contribution in [0.25, 0.3) is 0 Å². The lowest BCUT2D eigenvalue weighted by molar-refractivity contribution is -0.167. The highest BCUT2D eigenvalue weighted by Gasteiger charge is 2.50. The molecule has 1 aliphatic heterocycles. The molecule has 34 heavy (non-hydrogen) atoms. The first-order chi connectivity index (χ1) is 15.8. The molecule has 0 unspecified atom stereocenters. The number of rotatable bonds is 6. The largest absolute Gasteiger partial charge is 0.489 e. The summed E-state index contributed by atoms with van der Waals surface area (Å²) in [6, 6.07) is 8.78. The molecule has 2 aromatic carbocycles. The lowest BCUT2D eigenvalue weighted by Gasteiger charge is -2.46. The number of ether oxygens (including phenoxy) is 2. The molecule has 0 bridgehead atoms. The van der Waals surface area contributed by atoms with Crippen molar-refractivity contribution < 1.29 is 41.1 Å². The average molecular weight is 503 g/mol. The Kier molecular flexibility index (Phi) is 7.27. The summed E-state index contributed by atoms with van der Waals surface area (Å²) in [5.74, 6) is -0.778. The van der Waals surface area contributed by atoms with Crippen molar-refractivity contribution in [2.45, 2.75) is 56.2 Å². The molecule has 0 saturated carbocycles. The Morgan fingerprint density at radius 2 is 1.82 bits per heavy atom. The second-order valence-corrected chi connectivity index (χ2v) is 10.3. The number of morpholine rings is 1. The highest BCUT2D eigenvalue weighted by molar-refractivity contribution is 7.89. The first kappa shape index (κ1) is 25.9. The number of alkyl halides is 3. The van der Waals surface area contributed by atoms with Gasteiger partial charge in [-0.15, -0.1) is 0 Å². The predicted molar refractivity (Wildman–Crippen MR) is 114 cm³/mol. The summed E-state index contributed by atoms with van der Waals surface area (Å²) in [6.07, 6.45) is -5.05. The standard InChI is InChI=1S/C22H25F3N2O6S/c1-14-12-27(19(20(28)26-29)21(2,3)33-14)34(30,31)17-10-8-16(9-11-17)32-13-15-6-4-5-7-18(15)22(23,24)25/h4-11,14,19,29H,12-13H2,1-3H3,(H,26,28)/t14-,19-/m0/s1. The number of hydroxylamine groups is 1. The number of hydrogen-bond acceptors (Lipinski definition) is 6. The van der Waals surface area contributed by atoms with E-state index < -0.39 is 45.4 Å². The van der Waals surface area contributed by atoms with E-state index in [1.54, 1.807) is 20.8 Å². The summed E-state index contributed by atoms with van der Waals surface area (Å²) >= 11 is 0. The van der Waals surface area contributed by atoms with Gasteiger partial charge in [-0.1, -0.05) is 18.2 Å². The number of nitrogens with zero attached hydrogens (tertiary/aromatic N) is 1. The van der Waals surface area contributed by atoms with Crippen LogP contribution < -0.4 is 10.2 Å². The van der Waals surface area contributed by atoms with Crippen LogP contribution in [-0.2, 0) is 32.3 Å². The van der Waals surface area contributed by atoms with Gasteiger partial charge in [-0.3, -0.25) is 10.0 Å². The smallest absolute Gasteiger partial charge is 0.416 e. The lowest BCUT2D eigenvalue weighted by atomic mass is 9.95. The van der Waals surface area contributed by atoms with Gasteiger partial charge >= 0.3 is 6.18 Å². The van der Waals surface area contributed by atoms with Crippen LogP contribution in [0.3, 0.4) is 0 Å². The predicted octanol–water partition coefficient (Wildman–Crippen LogP) is 3.35. The number of sulfonamides is 1. The van der Waals surface area contributed by atoms with Crippen molar-refractivity contribution >= 4 is 15.9 Å². The molecule has 2 atom stereocenters. The van der Waals surface area contributed by atoms with Crippen molar-refractivity contribution in [2.24, 2.45) is 0 Å². The van der Waals surface area contributed by atoms with E-state index in [4.69, 9.17) is 14.7 Å². The van der Waals surface area contributed by atoms with Crippen molar-refractivity contribution in [2.75, 3.05) is 6.54 Å². The zero-order valence-electron chi connectivity index (χ0n) is 18.7. The fourth-order valence-electron chi connectivity index (χ4n) is 4.00. The fourth-order valence-corrected chi connectivity index (χ4v) is 5.78. The number of benzene rings is 2. The Hall–Kier alpha value is -2.67. The van der Waals surface area contributed by atoms with Crippen LogP contribution in [0, 0.1) is 0 Å². The Morgan fingerprint density at radius 3 is 2.41 bits per heavy atom. The van der Waals surface area contributed by atoms with Gasteiger partial charge in [0, 0.05) is 12.1 Å². The van der Waals surface area contributed by atoms with Crippen LogP contribution in [-0.4, -0.2) is 48.1 Å². The summed E-state index contributed by atoms with van der Waals surface area (Å²) in [7, 11) is -4.20. The monoisotopic (exact) mass is 502 g/mol. The van der Waals surface area contributed by atoms with Crippen molar-refractivity contribution in [1.29, 1.82) is 0 Å². The van der Waals surface area contributed by atoms with Crippen LogP contribution in [0.1, 0.15) is 31.9 Å². The molecule has 1 fully saturated rings. The highest BCUT2D eigenvalue weighted by atomic mass is 32.2. The van der Waals surface area contributed by atoms with Crippen molar-refractivity contribution in [1.82, 2.24) is 9.79 Å². The molecule has 1 saturated heterocycles. The first-order valence-electron chi connectivity index (χ1n) is 10.3. The molecule has 0 aromatic heterocycles. The topological polar surface area (TPSA) is 105 Å². The SMILES string of the molecule is C[C@H]1CN(S(=O)(=O)c2ccc(OCc3ccccc3C(F)(F)F)cc2)[C@@H](C(=O)NO)C(C)(C)O1. The third kappa shape index (κ3) is 5.35. The Labute approximate surface area is 195 Å². The molecular weight excluding hydrogens is 477 g/mol. The van der Waals surface area contributed by atoms with E-state index in [1.807, 2.05) is 0 Å². The lowest BCUT2D eigenvalue weighted by Crippen LogP contribution is -2.65. The molecule has 1 heterocycles. The number of carbonyl (C=O) groups excluding carboxylic acids is 1. The van der Waals surface area contributed by atoms with Gasteiger partial charge in [0.1, 0.15) is 18.4 Å². The summed E-state index contributed by atoms with van der Waals surface area (Å²) in [5.41, 5.74) is -0.614. The van der Waals surface area contributed by atoms with E-state index >= 15 is 0 Å². The van der Waals surface area contributed by atoms with Gasteiger partial charge in [-0.2, -0.15) is 17.5 Å². The summed E-state index contributed by atoms with van der Waals surface area (Å²) in [4.78, 5) is 12.1. The van der Waals surface area contributed by atoms with Gasteiger partial charge in [0.05, 0.1) is 22.2 Å². The summed E-state index contributed by atoms with van der Waals surface area (Å²) < 4.78 is 78.3. The van der Waals surface area contributed by atoms with Gasteiger partial charge < -0.3 is 9.47 Å². The van der Waals surface area contributed by atoms with Crippen LogP contribution in [0.2, 0.25) is 0 Å². The van der Waals surface area contributed by atoms with E-state index in [2.05, 4.69) is 0 Å². The van der Waals surface area contributed by atoms with Gasteiger partial charge in [-0.05, 0) is 51.1 Å². The zero-order chi connectivity index (χ0) is 25.3. The first-order valence-corrected chi connectivity index (χ1v) is 11.7. The summed E-state index contributed by atoms with van der Waals surface area (Å²) in [6.45, 7) is 4.25. The second kappa shape index (κ2) is 9.53. The third-order valence-corrected chi connectivity index (χ3v) is 7.24. The van der Waals surface area contributed by atoms with Gasteiger partial charge in [0.25, 0.3) is 5.91 Å². The quantitative estimate of drug-likeness (QED) is 0.464. The summed E-state index contributed by atoms with van der Waals surface area (Å²) in [5, 5.41) is 9.13. The minimum Gasteiger partial charge on any atom is -0.489 e. The minimum absolute atomic E-state index is 0.0610. The molecule has 0 aliphatic carbocycles. The maximum Gasteiger partial charge on any atom is 0.416 e. The van der Waals surface area contributed by atoms with E-state index in [0.717, 1.165) is 10.4 Å². The van der Waals surface area contributed by atoms with Crippen LogP contribution in [0.4, 0.5) is 13.2 Å². The fraction of sp³-hybridized carbons (Fsp3) is 0.409. The molecule has 2 N–H and O–H groups in total. The number of halogens is 3. The molecule has 3 rings (SSSR count). The Balaban J connectivity index is 1.83. The molecule has 1 aliphatic rings. The van der Waals surface area contributed by atoms with Gasteiger partial charge in [-0.25, -0.2) is 13.9 Å². The number of hydrogen-bond donors (Lipinski definition) is 2. The van der Waals surface area contributed by atoms with Crippen molar-refractivity contribution in [3.8, 4) is 5.75 Å². The van der Waals surface area contributed by atoms with Crippen LogP contribution >= 0.6 is 0 Å². The normalized spacial score (nSPS) is 21.1. The number of nitrogens with one attached hydrogen (secondary N) is 1. The highest BCUT2D eigenvalue weighted by Crippen LogP contribution is 2.34. The molecule has 186 valence electrons. The average Bonchev–Trinajstić information content (AvgIpc) is 2.76. The molecule has 1 amide bonds. The van der Waals surface area contributed by atoms with Crippen LogP contribution in [0.5, 0.6) is 5.75 Å². The van der Waals surface area contributed by atoms with Crippen LogP contribution in [0.15, 0.2) is 53.4 Å². The van der Waals surface area contributed by atoms with E-state index in [0.29, 0.717) is 0 Å². The maximum absolute atomic E-state index is 13.3.